The first-order valence-corrected chi connectivity index (χ1v) is 5.75. The Hall–Kier alpha value is -1.46. The second-order valence-corrected chi connectivity index (χ2v) is 4.10. The van der Waals surface area contributed by atoms with Crippen LogP contribution < -0.4 is 5.32 Å². The van der Waals surface area contributed by atoms with Crippen LogP contribution in [0.15, 0.2) is 18.2 Å². The van der Waals surface area contributed by atoms with Crippen molar-refractivity contribution in [1.82, 2.24) is 5.32 Å². The number of benzene rings is 1. The van der Waals surface area contributed by atoms with Crippen molar-refractivity contribution >= 4 is 5.91 Å². The zero-order valence-corrected chi connectivity index (χ0v) is 10.6. The Labute approximate surface area is 106 Å². The van der Waals surface area contributed by atoms with Gasteiger partial charge in [-0.1, -0.05) is 6.07 Å². The number of ether oxygens (including phenoxy) is 1. The molecule has 0 aliphatic carbocycles. The van der Waals surface area contributed by atoms with Gasteiger partial charge in [0, 0.05) is 19.3 Å². The van der Waals surface area contributed by atoms with Gasteiger partial charge in [-0.15, -0.1) is 0 Å². The van der Waals surface area contributed by atoms with Crippen LogP contribution >= 0.6 is 0 Å². The molecule has 1 aromatic carbocycles. The van der Waals surface area contributed by atoms with E-state index in [0.29, 0.717) is 24.2 Å². The highest BCUT2D eigenvalue weighted by Gasteiger charge is 2.15. The third-order valence-corrected chi connectivity index (χ3v) is 2.62. The smallest absolute Gasteiger partial charge is 0.251 e. The molecule has 1 atom stereocenters. The van der Waals surface area contributed by atoms with E-state index < -0.39 is 5.82 Å². The molecule has 4 nitrogen and oxygen atoms in total. The molecular formula is C13H18FNO3. The molecule has 0 radical (unpaired) electrons. The van der Waals surface area contributed by atoms with Crippen LogP contribution in [0.5, 0.6) is 0 Å². The van der Waals surface area contributed by atoms with Crippen molar-refractivity contribution in [3.8, 4) is 0 Å². The normalized spacial score (nSPS) is 12.2. The van der Waals surface area contributed by atoms with Crippen molar-refractivity contribution in [3.63, 3.8) is 0 Å². The van der Waals surface area contributed by atoms with Crippen molar-refractivity contribution < 1.29 is 19.0 Å². The Bertz CT molecular complexity index is 403. The Morgan fingerprint density at radius 2 is 2.28 bits per heavy atom. The summed E-state index contributed by atoms with van der Waals surface area (Å²) in [7, 11) is 1.52. The topological polar surface area (TPSA) is 58.6 Å². The molecule has 1 amide bonds. The average Bonchev–Trinajstić information content (AvgIpc) is 2.33. The summed E-state index contributed by atoms with van der Waals surface area (Å²) in [6, 6.07) is 3.79. The molecule has 0 saturated heterocycles. The lowest BCUT2D eigenvalue weighted by Crippen LogP contribution is -2.39. The highest BCUT2D eigenvalue weighted by atomic mass is 19.1. The van der Waals surface area contributed by atoms with Gasteiger partial charge >= 0.3 is 0 Å². The molecule has 18 heavy (non-hydrogen) atoms. The van der Waals surface area contributed by atoms with E-state index in [2.05, 4.69) is 5.32 Å². The van der Waals surface area contributed by atoms with E-state index in [1.165, 1.54) is 19.2 Å². The molecule has 0 aliphatic heterocycles. The van der Waals surface area contributed by atoms with Gasteiger partial charge in [-0.05, 0) is 31.0 Å². The first-order chi connectivity index (χ1) is 8.58. The predicted molar refractivity (Wildman–Crippen MR) is 66.0 cm³/mol. The maximum absolute atomic E-state index is 13.1. The van der Waals surface area contributed by atoms with Crippen molar-refractivity contribution in [2.75, 3.05) is 20.3 Å². The number of hydrogen-bond donors (Lipinski definition) is 2. The number of carbonyl (C=O) groups excluding carboxylic acids is 1. The minimum Gasteiger partial charge on any atom is -0.396 e. The van der Waals surface area contributed by atoms with Gasteiger partial charge in [-0.3, -0.25) is 4.79 Å². The van der Waals surface area contributed by atoms with E-state index in [0.717, 1.165) is 0 Å². The van der Waals surface area contributed by atoms with Crippen molar-refractivity contribution in [1.29, 1.82) is 0 Å². The van der Waals surface area contributed by atoms with Crippen LogP contribution in [-0.2, 0) is 4.74 Å². The number of rotatable bonds is 6. The minimum atomic E-state index is -0.448. The van der Waals surface area contributed by atoms with Gasteiger partial charge in [0.15, 0.2) is 0 Å². The second-order valence-electron chi connectivity index (χ2n) is 4.10. The number of methoxy groups -OCH3 is 1. The summed E-state index contributed by atoms with van der Waals surface area (Å²) in [6.07, 6.45) is 0.397. The van der Waals surface area contributed by atoms with E-state index in [-0.39, 0.29) is 18.6 Å². The Morgan fingerprint density at radius 1 is 1.56 bits per heavy atom. The van der Waals surface area contributed by atoms with E-state index in [9.17, 15) is 9.18 Å². The lowest BCUT2D eigenvalue weighted by Gasteiger charge is -2.17. The van der Waals surface area contributed by atoms with E-state index >= 15 is 0 Å². The van der Waals surface area contributed by atoms with Gasteiger partial charge in [0.05, 0.1) is 12.6 Å². The molecule has 5 heteroatoms. The summed E-state index contributed by atoms with van der Waals surface area (Å²) >= 11 is 0. The van der Waals surface area contributed by atoms with Gasteiger partial charge in [0.2, 0.25) is 0 Å². The number of aliphatic hydroxyl groups is 1. The molecule has 100 valence electrons. The fraction of sp³-hybridized carbons (Fsp3) is 0.462. The van der Waals surface area contributed by atoms with Crippen molar-refractivity contribution in [3.05, 3.63) is 35.1 Å². The molecule has 0 aliphatic rings. The second kappa shape index (κ2) is 7.08. The van der Waals surface area contributed by atoms with Gasteiger partial charge in [0.1, 0.15) is 5.82 Å². The first-order valence-electron chi connectivity index (χ1n) is 5.75. The average molecular weight is 255 g/mol. The minimum absolute atomic E-state index is 0.0452. The fourth-order valence-corrected chi connectivity index (χ4v) is 1.66. The van der Waals surface area contributed by atoms with Crippen LogP contribution in [0, 0.1) is 12.7 Å². The predicted octanol–water partition coefficient (Wildman–Crippen LogP) is 1.26. The summed E-state index contributed by atoms with van der Waals surface area (Å²) in [6.45, 7) is 2.00. The van der Waals surface area contributed by atoms with Gasteiger partial charge < -0.3 is 15.2 Å². The molecule has 1 aromatic rings. The number of aryl methyl sites for hydroxylation is 1. The number of aliphatic hydroxyl groups excluding tert-OH is 1. The Balaban J connectivity index is 2.76. The van der Waals surface area contributed by atoms with Crippen LogP contribution in [0.3, 0.4) is 0 Å². The quantitative estimate of drug-likeness (QED) is 0.804. The summed E-state index contributed by atoms with van der Waals surface area (Å²) in [5.41, 5.74) is 1.00. The molecule has 1 unspecified atom stereocenters. The number of amides is 1. The molecule has 0 bridgehead atoms. The van der Waals surface area contributed by atoms with Gasteiger partial charge in [-0.25, -0.2) is 4.39 Å². The van der Waals surface area contributed by atoms with E-state index in [4.69, 9.17) is 9.84 Å². The lowest BCUT2D eigenvalue weighted by atomic mass is 10.1. The largest absolute Gasteiger partial charge is 0.396 e. The van der Waals surface area contributed by atoms with Crippen LogP contribution in [0.1, 0.15) is 22.3 Å². The van der Waals surface area contributed by atoms with Gasteiger partial charge in [0.25, 0.3) is 5.91 Å². The fourth-order valence-electron chi connectivity index (χ4n) is 1.66. The van der Waals surface area contributed by atoms with Crippen LogP contribution in [-0.4, -0.2) is 37.4 Å². The first kappa shape index (κ1) is 14.6. The van der Waals surface area contributed by atoms with Crippen molar-refractivity contribution in [2.24, 2.45) is 0 Å². The maximum Gasteiger partial charge on any atom is 0.251 e. The SMILES string of the molecule is COCC(CCO)NC(=O)c1cc(F)ccc1C. The zero-order chi connectivity index (χ0) is 13.5. The van der Waals surface area contributed by atoms with Crippen LogP contribution in [0.4, 0.5) is 4.39 Å². The highest BCUT2D eigenvalue weighted by molar-refractivity contribution is 5.95. The summed E-state index contributed by atoms with van der Waals surface area (Å²) in [5, 5.41) is 11.6. The van der Waals surface area contributed by atoms with E-state index in [1.807, 2.05) is 0 Å². The summed E-state index contributed by atoms with van der Waals surface area (Å²) < 4.78 is 18.0. The highest BCUT2D eigenvalue weighted by Crippen LogP contribution is 2.10. The van der Waals surface area contributed by atoms with Gasteiger partial charge in [-0.2, -0.15) is 0 Å². The van der Waals surface area contributed by atoms with Crippen LogP contribution in [0.25, 0.3) is 0 Å². The zero-order valence-electron chi connectivity index (χ0n) is 10.6. The molecular weight excluding hydrogens is 237 g/mol. The molecule has 1 rings (SSSR count). The number of halogens is 1. The number of carbonyl (C=O) groups is 1. The molecule has 0 aromatic heterocycles. The number of hydrogen-bond acceptors (Lipinski definition) is 3. The summed E-state index contributed by atoms with van der Waals surface area (Å²) in [4.78, 5) is 12.0. The molecule has 0 spiro atoms. The Kier molecular flexibility index (Phi) is 5.74. The molecule has 0 fully saturated rings. The lowest BCUT2D eigenvalue weighted by molar-refractivity contribution is 0.0877. The standard InChI is InChI=1S/C13H18FNO3/c1-9-3-4-10(14)7-12(9)13(17)15-11(5-6-16)8-18-2/h3-4,7,11,16H,5-6,8H2,1-2H3,(H,15,17). The number of nitrogens with one attached hydrogen (secondary N) is 1. The molecule has 0 saturated carbocycles. The maximum atomic E-state index is 13.1. The van der Waals surface area contributed by atoms with Crippen molar-refractivity contribution in [2.45, 2.75) is 19.4 Å². The summed E-state index contributed by atoms with van der Waals surface area (Å²) in [5.74, 6) is -0.807. The molecule has 0 heterocycles. The monoisotopic (exact) mass is 255 g/mol. The third-order valence-electron chi connectivity index (χ3n) is 2.62. The van der Waals surface area contributed by atoms with E-state index in [1.54, 1.807) is 13.0 Å². The molecule has 2 N–H and O–H groups in total. The third kappa shape index (κ3) is 4.09. The van der Waals surface area contributed by atoms with Crippen LogP contribution in [0.2, 0.25) is 0 Å². The Morgan fingerprint density at radius 3 is 2.89 bits per heavy atom.